The molecule has 1 unspecified atom stereocenters. The average Bonchev–Trinajstić information content (AvgIpc) is 2.44. The van der Waals surface area contributed by atoms with Crippen LogP contribution in [0.2, 0.25) is 0 Å². The van der Waals surface area contributed by atoms with Gasteiger partial charge in [-0.2, -0.15) is 0 Å². The van der Waals surface area contributed by atoms with Crippen molar-refractivity contribution >= 4 is 17.6 Å². The van der Waals surface area contributed by atoms with Crippen molar-refractivity contribution < 1.29 is 19.1 Å². The molecule has 0 aliphatic rings. The zero-order chi connectivity index (χ0) is 15.1. The summed E-state index contributed by atoms with van der Waals surface area (Å²) in [7, 11) is 2.84. The Morgan fingerprint density at radius 3 is 2.55 bits per heavy atom. The van der Waals surface area contributed by atoms with Crippen LogP contribution in [0.4, 0.5) is 5.69 Å². The maximum absolute atomic E-state index is 11.8. The molecule has 1 atom stereocenters. The molecule has 0 saturated heterocycles. The minimum Gasteiger partial charge on any atom is -0.465 e. The Hall–Kier alpha value is -1.92. The molecule has 0 aromatic heterocycles. The number of aryl methyl sites for hydroxylation is 1. The van der Waals surface area contributed by atoms with E-state index < -0.39 is 5.97 Å². The van der Waals surface area contributed by atoms with Crippen LogP contribution in [0.1, 0.15) is 22.3 Å². The van der Waals surface area contributed by atoms with E-state index in [1.165, 1.54) is 14.2 Å². The van der Waals surface area contributed by atoms with Gasteiger partial charge < -0.3 is 20.5 Å². The number of nitrogens with one attached hydrogen (secondary N) is 1. The number of ether oxygens (including phenoxy) is 2. The van der Waals surface area contributed by atoms with Gasteiger partial charge in [-0.25, -0.2) is 4.79 Å². The van der Waals surface area contributed by atoms with Crippen molar-refractivity contribution in [3.63, 3.8) is 0 Å². The highest BCUT2D eigenvalue weighted by molar-refractivity contribution is 5.94. The molecule has 0 aliphatic carbocycles. The lowest BCUT2D eigenvalue weighted by molar-refractivity contribution is -0.118. The maximum Gasteiger partial charge on any atom is 0.338 e. The molecular weight excluding hydrogens is 260 g/mol. The molecule has 0 fully saturated rings. The number of anilines is 1. The standard InChI is InChI=1S/C14H20N2O4/c1-9-6-10(4-5-12(9)14(18)20-3)16-13(17)7-11(8-15)19-2/h4-6,11H,7-8,15H2,1-3H3,(H,16,17). The molecule has 6 heteroatoms. The highest BCUT2D eigenvalue weighted by Crippen LogP contribution is 2.16. The number of nitrogens with two attached hydrogens (primary N) is 1. The minimum absolute atomic E-state index is 0.185. The summed E-state index contributed by atoms with van der Waals surface area (Å²) in [6.07, 6.45) is -0.115. The fraction of sp³-hybridized carbons (Fsp3) is 0.429. The first-order chi connectivity index (χ1) is 9.51. The van der Waals surface area contributed by atoms with Gasteiger partial charge in [0, 0.05) is 19.3 Å². The monoisotopic (exact) mass is 280 g/mol. The zero-order valence-electron chi connectivity index (χ0n) is 11.9. The molecular formula is C14H20N2O4. The Bertz CT molecular complexity index is 484. The van der Waals surface area contributed by atoms with Crippen LogP contribution in [0.25, 0.3) is 0 Å². The fourth-order valence-corrected chi connectivity index (χ4v) is 1.76. The van der Waals surface area contributed by atoms with Crippen LogP contribution in [-0.2, 0) is 14.3 Å². The quantitative estimate of drug-likeness (QED) is 0.761. The number of rotatable bonds is 6. The zero-order valence-corrected chi connectivity index (χ0v) is 11.9. The van der Waals surface area contributed by atoms with Crippen LogP contribution >= 0.6 is 0 Å². The smallest absolute Gasteiger partial charge is 0.338 e. The number of carbonyl (C=O) groups excluding carboxylic acids is 2. The highest BCUT2D eigenvalue weighted by Gasteiger charge is 2.13. The van der Waals surface area contributed by atoms with E-state index in [4.69, 9.17) is 10.5 Å². The van der Waals surface area contributed by atoms with Crippen molar-refractivity contribution in [2.24, 2.45) is 5.73 Å². The van der Waals surface area contributed by atoms with Crippen molar-refractivity contribution in [3.05, 3.63) is 29.3 Å². The third-order valence-corrected chi connectivity index (χ3v) is 2.92. The molecule has 1 rings (SSSR count). The maximum atomic E-state index is 11.8. The van der Waals surface area contributed by atoms with Gasteiger partial charge in [0.05, 0.1) is 25.2 Å². The van der Waals surface area contributed by atoms with Crippen molar-refractivity contribution in [2.45, 2.75) is 19.4 Å². The SMILES string of the molecule is COC(=O)c1ccc(NC(=O)CC(CN)OC)cc1C. The molecule has 0 bridgehead atoms. The van der Waals surface area contributed by atoms with Crippen molar-refractivity contribution in [3.8, 4) is 0 Å². The van der Waals surface area contributed by atoms with E-state index in [1.807, 2.05) is 0 Å². The van der Waals surface area contributed by atoms with Gasteiger partial charge in [-0.3, -0.25) is 4.79 Å². The van der Waals surface area contributed by atoms with Crippen molar-refractivity contribution in [2.75, 3.05) is 26.1 Å². The largest absolute Gasteiger partial charge is 0.465 e. The summed E-state index contributed by atoms with van der Waals surface area (Å²) in [5, 5.41) is 2.74. The predicted molar refractivity (Wildman–Crippen MR) is 75.6 cm³/mol. The van der Waals surface area contributed by atoms with E-state index in [9.17, 15) is 9.59 Å². The number of benzene rings is 1. The summed E-state index contributed by atoms with van der Waals surface area (Å²) in [5.41, 5.74) is 7.29. The molecule has 1 aromatic carbocycles. The number of hydrogen-bond donors (Lipinski definition) is 2. The van der Waals surface area contributed by atoms with Gasteiger partial charge in [0.15, 0.2) is 0 Å². The lowest BCUT2D eigenvalue weighted by atomic mass is 10.1. The summed E-state index contributed by atoms with van der Waals surface area (Å²) in [5.74, 6) is -0.588. The number of carbonyl (C=O) groups is 2. The first kappa shape index (κ1) is 16.1. The molecule has 110 valence electrons. The summed E-state index contributed by atoms with van der Waals surface area (Å²) in [4.78, 5) is 23.2. The van der Waals surface area contributed by atoms with E-state index in [2.05, 4.69) is 10.1 Å². The van der Waals surface area contributed by atoms with Gasteiger partial charge >= 0.3 is 5.97 Å². The summed E-state index contributed by atoms with van der Waals surface area (Å²) < 4.78 is 9.71. The minimum atomic E-state index is -0.400. The fourth-order valence-electron chi connectivity index (χ4n) is 1.76. The molecule has 0 spiro atoms. The second kappa shape index (κ2) is 7.62. The van der Waals surface area contributed by atoms with E-state index >= 15 is 0 Å². The predicted octanol–water partition coefficient (Wildman–Crippen LogP) is 1.08. The van der Waals surface area contributed by atoms with Gasteiger partial charge in [-0.15, -0.1) is 0 Å². The Morgan fingerprint density at radius 2 is 2.05 bits per heavy atom. The van der Waals surface area contributed by atoms with Gasteiger partial charge in [-0.1, -0.05) is 0 Å². The molecule has 1 amide bonds. The number of amides is 1. The molecule has 0 radical (unpaired) electrons. The molecule has 0 saturated carbocycles. The number of esters is 1. The van der Waals surface area contributed by atoms with E-state index in [0.717, 1.165) is 5.56 Å². The van der Waals surface area contributed by atoms with Crippen LogP contribution in [-0.4, -0.2) is 38.7 Å². The van der Waals surface area contributed by atoms with Crippen LogP contribution in [0.3, 0.4) is 0 Å². The van der Waals surface area contributed by atoms with Crippen LogP contribution < -0.4 is 11.1 Å². The first-order valence-corrected chi connectivity index (χ1v) is 6.23. The second-order valence-electron chi connectivity index (χ2n) is 4.37. The Kier molecular flexibility index (Phi) is 6.14. The van der Waals surface area contributed by atoms with Crippen LogP contribution in [0, 0.1) is 6.92 Å². The van der Waals surface area contributed by atoms with Gasteiger partial charge in [0.25, 0.3) is 0 Å². The number of methoxy groups -OCH3 is 2. The third-order valence-electron chi connectivity index (χ3n) is 2.92. The van der Waals surface area contributed by atoms with Crippen LogP contribution in [0.15, 0.2) is 18.2 Å². The Labute approximate surface area is 118 Å². The Morgan fingerprint density at radius 1 is 1.35 bits per heavy atom. The molecule has 3 N–H and O–H groups in total. The lowest BCUT2D eigenvalue weighted by Gasteiger charge is -2.13. The topological polar surface area (TPSA) is 90.7 Å². The van der Waals surface area contributed by atoms with E-state index in [1.54, 1.807) is 25.1 Å². The summed E-state index contributed by atoms with van der Waals surface area (Å²) in [6, 6.07) is 4.99. The molecule has 1 aromatic rings. The molecule has 0 heterocycles. The van der Waals surface area contributed by atoms with Crippen molar-refractivity contribution in [1.82, 2.24) is 0 Å². The summed E-state index contributed by atoms with van der Waals surface area (Å²) in [6.45, 7) is 2.06. The third kappa shape index (κ3) is 4.32. The summed E-state index contributed by atoms with van der Waals surface area (Å²) >= 11 is 0. The molecule has 0 aliphatic heterocycles. The first-order valence-electron chi connectivity index (χ1n) is 6.23. The Balaban J connectivity index is 2.72. The van der Waals surface area contributed by atoms with Gasteiger partial charge in [-0.05, 0) is 30.7 Å². The highest BCUT2D eigenvalue weighted by atomic mass is 16.5. The normalized spacial score (nSPS) is 11.8. The average molecular weight is 280 g/mol. The van der Waals surface area contributed by atoms with E-state index in [-0.39, 0.29) is 25.0 Å². The second-order valence-corrected chi connectivity index (χ2v) is 4.37. The lowest BCUT2D eigenvalue weighted by Crippen LogP contribution is -2.28. The van der Waals surface area contributed by atoms with E-state index in [0.29, 0.717) is 11.3 Å². The molecule has 6 nitrogen and oxygen atoms in total. The van der Waals surface area contributed by atoms with Crippen LogP contribution in [0.5, 0.6) is 0 Å². The molecule has 20 heavy (non-hydrogen) atoms. The van der Waals surface area contributed by atoms with Gasteiger partial charge in [0.2, 0.25) is 5.91 Å². The van der Waals surface area contributed by atoms with Crippen molar-refractivity contribution in [1.29, 1.82) is 0 Å². The van der Waals surface area contributed by atoms with Gasteiger partial charge in [0.1, 0.15) is 0 Å². The number of hydrogen-bond acceptors (Lipinski definition) is 5.